The van der Waals surface area contributed by atoms with Crippen LogP contribution in [0.25, 0.3) is 0 Å². The van der Waals surface area contributed by atoms with Gasteiger partial charge in [-0.15, -0.1) is 24.0 Å². The maximum atomic E-state index is 5.40. The van der Waals surface area contributed by atoms with Crippen molar-refractivity contribution in [1.29, 1.82) is 0 Å². The molecule has 30 heavy (non-hydrogen) atoms. The largest absolute Gasteiger partial charge is 0.497 e. The standard InChI is InChI=1S/C22H34N4O3.HI/c1-5-28-15-7-14-24-22(25-16-19-9-11-20(27-4)12-10-19)23-13-6-8-21-17(2)26-29-18(21)3;/h9-12H,5-8,13-16H2,1-4H3,(H2,23,24,25);1H. The fourth-order valence-electron chi connectivity index (χ4n) is 2.93. The summed E-state index contributed by atoms with van der Waals surface area (Å²) in [6.07, 6.45) is 2.85. The number of hydrogen-bond donors (Lipinski definition) is 2. The molecule has 2 aromatic rings. The quantitative estimate of drug-likeness (QED) is 0.187. The highest BCUT2D eigenvalue weighted by Gasteiger charge is 2.08. The van der Waals surface area contributed by atoms with Gasteiger partial charge in [-0.25, -0.2) is 4.99 Å². The van der Waals surface area contributed by atoms with Crippen LogP contribution < -0.4 is 15.4 Å². The van der Waals surface area contributed by atoms with Gasteiger partial charge in [0.2, 0.25) is 0 Å². The van der Waals surface area contributed by atoms with Gasteiger partial charge in [0.15, 0.2) is 5.96 Å². The van der Waals surface area contributed by atoms with Gasteiger partial charge in [0.1, 0.15) is 11.5 Å². The minimum absolute atomic E-state index is 0. The Hall–Kier alpha value is -1.81. The maximum Gasteiger partial charge on any atom is 0.191 e. The van der Waals surface area contributed by atoms with Crippen molar-refractivity contribution in [2.24, 2.45) is 4.99 Å². The normalized spacial score (nSPS) is 11.1. The zero-order chi connectivity index (χ0) is 20.9. The molecule has 0 saturated carbocycles. The number of aryl methyl sites for hydroxylation is 2. The first-order chi connectivity index (χ1) is 14.1. The number of methoxy groups -OCH3 is 1. The molecule has 2 N–H and O–H groups in total. The van der Waals surface area contributed by atoms with Crippen LogP contribution in [0.2, 0.25) is 0 Å². The smallest absolute Gasteiger partial charge is 0.191 e. The molecule has 0 aliphatic rings. The number of ether oxygens (including phenoxy) is 2. The molecular formula is C22H35IN4O3. The average molecular weight is 530 g/mol. The van der Waals surface area contributed by atoms with Gasteiger partial charge in [0.25, 0.3) is 0 Å². The summed E-state index contributed by atoms with van der Waals surface area (Å²) in [4.78, 5) is 4.72. The van der Waals surface area contributed by atoms with E-state index in [2.05, 4.69) is 15.8 Å². The molecule has 0 fully saturated rings. The molecule has 168 valence electrons. The van der Waals surface area contributed by atoms with Crippen molar-refractivity contribution in [3.8, 4) is 5.75 Å². The van der Waals surface area contributed by atoms with Gasteiger partial charge < -0.3 is 24.6 Å². The Balaban J connectivity index is 0.00000450. The predicted octanol–water partition coefficient (Wildman–Crippen LogP) is 4.01. The van der Waals surface area contributed by atoms with Gasteiger partial charge in [-0.05, 0) is 57.7 Å². The van der Waals surface area contributed by atoms with Gasteiger partial charge in [-0.1, -0.05) is 17.3 Å². The lowest BCUT2D eigenvalue weighted by Gasteiger charge is -2.13. The molecule has 0 spiro atoms. The number of hydrogen-bond acceptors (Lipinski definition) is 5. The van der Waals surface area contributed by atoms with E-state index in [9.17, 15) is 0 Å². The number of benzene rings is 1. The molecule has 0 atom stereocenters. The zero-order valence-electron chi connectivity index (χ0n) is 18.5. The van der Waals surface area contributed by atoms with E-state index >= 15 is 0 Å². The second-order valence-corrected chi connectivity index (χ2v) is 6.82. The second kappa shape index (κ2) is 15.1. The van der Waals surface area contributed by atoms with Crippen LogP contribution in [0.3, 0.4) is 0 Å². The molecular weight excluding hydrogens is 495 g/mol. The molecule has 1 aromatic carbocycles. The first kappa shape index (κ1) is 26.2. The predicted molar refractivity (Wildman–Crippen MR) is 131 cm³/mol. The minimum atomic E-state index is 0. The molecule has 0 radical (unpaired) electrons. The molecule has 0 aliphatic heterocycles. The molecule has 0 aliphatic carbocycles. The number of aliphatic imine (C=N–C) groups is 1. The lowest BCUT2D eigenvalue weighted by molar-refractivity contribution is 0.145. The van der Waals surface area contributed by atoms with E-state index in [-0.39, 0.29) is 24.0 Å². The summed E-state index contributed by atoms with van der Waals surface area (Å²) in [7, 11) is 1.67. The maximum absolute atomic E-state index is 5.40. The van der Waals surface area contributed by atoms with Gasteiger partial charge >= 0.3 is 0 Å². The van der Waals surface area contributed by atoms with Crippen LogP contribution in [0, 0.1) is 13.8 Å². The molecule has 2 rings (SSSR count). The number of nitrogens with one attached hydrogen (secondary N) is 2. The summed E-state index contributed by atoms with van der Waals surface area (Å²) < 4.78 is 15.8. The summed E-state index contributed by atoms with van der Waals surface area (Å²) >= 11 is 0. The number of halogens is 1. The highest BCUT2D eigenvalue weighted by molar-refractivity contribution is 14.0. The van der Waals surface area contributed by atoms with Crippen molar-refractivity contribution < 1.29 is 14.0 Å². The second-order valence-electron chi connectivity index (χ2n) is 6.82. The van der Waals surface area contributed by atoms with Crippen molar-refractivity contribution in [1.82, 2.24) is 15.8 Å². The number of guanidine groups is 1. The van der Waals surface area contributed by atoms with Crippen molar-refractivity contribution in [2.45, 2.75) is 46.6 Å². The third kappa shape index (κ3) is 9.34. The summed E-state index contributed by atoms with van der Waals surface area (Å²) in [6, 6.07) is 7.98. The third-order valence-corrected chi connectivity index (χ3v) is 4.62. The lowest BCUT2D eigenvalue weighted by Crippen LogP contribution is -2.38. The van der Waals surface area contributed by atoms with Crippen molar-refractivity contribution in [3.05, 3.63) is 46.8 Å². The first-order valence-corrected chi connectivity index (χ1v) is 10.3. The Kier molecular flexibility index (Phi) is 13.2. The molecule has 0 unspecified atom stereocenters. The molecule has 0 amide bonds. The number of nitrogens with zero attached hydrogens (tertiary/aromatic N) is 2. The minimum Gasteiger partial charge on any atom is -0.497 e. The molecule has 8 heteroatoms. The summed E-state index contributed by atoms with van der Waals surface area (Å²) in [5.41, 5.74) is 3.31. The number of aromatic nitrogens is 1. The molecule has 0 saturated heterocycles. The third-order valence-electron chi connectivity index (χ3n) is 4.62. The van der Waals surface area contributed by atoms with E-state index in [4.69, 9.17) is 19.0 Å². The van der Waals surface area contributed by atoms with Crippen molar-refractivity contribution in [2.75, 3.05) is 33.4 Å². The Bertz CT molecular complexity index is 728. The highest BCUT2D eigenvalue weighted by atomic mass is 127. The fraction of sp³-hybridized carbons (Fsp3) is 0.545. The van der Waals surface area contributed by atoms with Gasteiger partial charge in [0.05, 0.1) is 19.3 Å². The van der Waals surface area contributed by atoms with Crippen LogP contribution in [-0.2, 0) is 17.7 Å². The summed E-state index contributed by atoms with van der Waals surface area (Å²) in [5.74, 6) is 2.57. The summed E-state index contributed by atoms with van der Waals surface area (Å²) in [5, 5.41) is 10.8. The lowest BCUT2D eigenvalue weighted by atomic mass is 10.1. The molecule has 1 heterocycles. The SMILES string of the molecule is CCOCCCNC(=NCc1ccc(OC)cc1)NCCCc1c(C)noc1C.I. The van der Waals surface area contributed by atoms with E-state index in [0.717, 1.165) is 74.3 Å². The van der Waals surface area contributed by atoms with Crippen LogP contribution in [0.1, 0.15) is 42.3 Å². The molecule has 1 aromatic heterocycles. The highest BCUT2D eigenvalue weighted by Crippen LogP contribution is 2.14. The Labute approximate surface area is 197 Å². The zero-order valence-corrected chi connectivity index (χ0v) is 20.8. The average Bonchev–Trinajstić information content (AvgIpc) is 3.06. The van der Waals surface area contributed by atoms with E-state index in [1.54, 1.807) is 7.11 Å². The van der Waals surface area contributed by atoms with Crippen LogP contribution in [0.4, 0.5) is 0 Å². The van der Waals surface area contributed by atoms with Crippen LogP contribution in [0.15, 0.2) is 33.8 Å². The molecule has 0 bridgehead atoms. The van der Waals surface area contributed by atoms with Crippen LogP contribution in [0.5, 0.6) is 5.75 Å². The topological polar surface area (TPSA) is 80.9 Å². The van der Waals surface area contributed by atoms with Crippen molar-refractivity contribution >= 4 is 29.9 Å². The van der Waals surface area contributed by atoms with Crippen molar-refractivity contribution in [3.63, 3.8) is 0 Å². The van der Waals surface area contributed by atoms with Gasteiger partial charge in [-0.3, -0.25) is 0 Å². The monoisotopic (exact) mass is 530 g/mol. The van der Waals surface area contributed by atoms with Crippen LogP contribution in [-0.4, -0.2) is 44.5 Å². The van der Waals surface area contributed by atoms with Gasteiger partial charge in [-0.2, -0.15) is 0 Å². The van der Waals surface area contributed by atoms with E-state index in [0.29, 0.717) is 6.54 Å². The van der Waals surface area contributed by atoms with E-state index < -0.39 is 0 Å². The van der Waals surface area contributed by atoms with Crippen LogP contribution >= 0.6 is 24.0 Å². The fourth-order valence-corrected chi connectivity index (χ4v) is 2.93. The van der Waals surface area contributed by atoms with E-state index in [1.807, 2.05) is 45.0 Å². The summed E-state index contributed by atoms with van der Waals surface area (Å²) in [6.45, 7) is 9.71. The Morgan fingerprint density at radius 3 is 2.40 bits per heavy atom. The van der Waals surface area contributed by atoms with E-state index in [1.165, 1.54) is 5.56 Å². The Morgan fingerprint density at radius 1 is 1.10 bits per heavy atom. The number of rotatable bonds is 12. The first-order valence-electron chi connectivity index (χ1n) is 10.3. The van der Waals surface area contributed by atoms with Gasteiger partial charge in [0, 0.05) is 31.9 Å². The molecule has 7 nitrogen and oxygen atoms in total. The Morgan fingerprint density at radius 2 is 1.80 bits per heavy atom.